The first-order valence-corrected chi connectivity index (χ1v) is 11.0. The van der Waals surface area contributed by atoms with Crippen LogP contribution in [0, 0.1) is 5.92 Å². The van der Waals surface area contributed by atoms with E-state index in [1.165, 1.54) is 17.0 Å². The molecule has 1 fully saturated rings. The summed E-state index contributed by atoms with van der Waals surface area (Å²) in [6.45, 7) is 6.74. The van der Waals surface area contributed by atoms with E-state index in [1.54, 1.807) is 18.7 Å². The maximum Gasteiger partial charge on any atom is 0.416 e. The number of nitrogens with zero attached hydrogens (tertiary/aromatic N) is 2. The fourth-order valence-corrected chi connectivity index (χ4v) is 3.74. The lowest BCUT2D eigenvalue weighted by Gasteiger charge is -2.33. The van der Waals surface area contributed by atoms with Gasteiger partial charge in [-0.1, -0.05) is 13.0 Å². The van der Waals surface area contributed by atoms with Crippen molar-refractivity contribution in [2.75, 3.05) is 26.2 Å². The molecule has 1 heterocycles. The number of hydrogen-bond acceptors (Lipinski definition) is 4. The quantitative estimate of drug-likeness (QED) is 0.552. The van der Waals surface area contributed by atoms with Crippen molar-refractivity contribution in [2.45, 2.75) is 58.7 Å². The number of likely N-dealkylation sites (tertiary alicyclic amines) is 1. The molecule has 6 nitrogen and oxygen atoms in total. The topological polar surface area (TPSA) is 66.9 Å². The Morgan fingerprint density at radius 1 is 1.19 bits per heavy atom. The number of ether oxygens (including phenoxy) is 1. The highest BCUT2D eigenvalue weighted by molar-refractivity contribution is 5.95. The second-order valence-corrected chi connectivity index (χ2v) is 7.99. The van der Waals surface area contributed by atoms with Crippen LogP contribution in [-0.4, -0.2) is 59.9 Å². The molecule has 0 saturated carbocycles. The van der Waals surface area contributed by atoms with E-state index < -0.39 is 17.6 Å². The molecule has 1 aromatic carbocycles. The van der Waals surface area contributed by atoms with Crippen LogP contribution in [0.5, 0.6) is 0 Å². The van der Waals surface area contributed by atoms with E-state index in [0.717, 1.165) is 12.1 Å². The van der Waals surface area contributed by atoms with Gasteiger partial charge in [0, 0.05) is 37.7 Å². The average Bonchev–Trinajstić information content (AvgIpc) is 2.78. The first-order valence-electron chi connectivity index (χ1n) is 11.0. The SMILES string of the molecule is CCOC(=O)C1CCN(C(=O)CCN(C(=O)c2cccc(C(F)(F)F)c2)C(C)CC)CC1. The van der Waals surface area contributed by atoms with Crippen molar-refractivity contribution in [1.29, 1.82) is 0 Å². The summed E-state index contributed by atoms with van der Waals surface area (Å²) in [6.07, 6.45) is -2.81. The molecule has 1 unspecified atom stereocenters. The Morgan fingerprint density at radius 2 is 1.84 bits per heavy atom. The third kappa shape index (κ3) is 6.71. The maximum atomic E-state index is 13.0. The third-order valence-corrected chi connectivity index (χ3v) is 5.85. The van der Waals surface area contributed by atoms with Gasteiger partial charge < -0.3 is 14.5 Å². The fourth-order valence-electron chi connectivity index (χ4n) is 3.74. The molecule has 1 saturated heterocycles. The number of rotatable bonds is 8. The molecule has 0 spiro atoms. The van der Waals surface area contributed by atoms with Crippen molar-refractivity contribution < 1.29 is 32.3 Å². The molecule has 2 rings (SSSR count). The Balaban J connectivity index is 2.01. The number of benzene rings is 1. The van der Waals surface area contributed by atoms with Gasteiger partial charge in [0.25, 0.3) is 5.91 Å². The van der Waals surface area contributed by atoms with Crippen molar-refractivity contribution in [1.82, 2.24) is 9.80 Å². The third-order valence-electron chi connectivity index (χ3n) is 5.85. The van der Waals surface area contributed by atoms with Crippen LogP contribution in [0.1, 0.15) is 62.4 Å². The zero-order chi connectivity index (χ0) is 23.9. The van der Waals surface area contributed by atoms with Gasteiger partial charge in [0.05, 0.1) is 18.1 Å². The first-order chi connectivity index (χ1) is 15.1. The van der Waals surface area contributed by atoms with Gasteiger partial charge in [-0.2, -0.15) is 13.2 Å². The minimum Gasteiger partial charge on any atom is -0.466 e. The van der Waals surface area contributed by atoms with Crippen LogP contribution in [0.4, 0.5) is 13.2 Å². The summed E-state index contributed by atoms with van der Waals surface area (Å²) in [7, 11) is 0. The summed E-state index contributed by atoms with van der Waals surface area (Å²) in [5.74, 6) is -1.12. The highest BCUT2D eigenvalue weighted by Gasteiger charge is 2.32. The van der Waals surface area contributed by atoms with Crippen LogP contribution in [0.25, 0.3) is 0 Å². The van der Waals surface area contributed by atoms with Crippen molar-refractivity contribution in [3.63, 3.8) is 0 Å². The van der Waals surface area contributed by atoms with Crippen LogP contribution in [0.15, 0.2) is 24.3 Å². The van der Waals surface area contributed by atoms with Crippen LogP contribution >= 0.6 is 0 Å². The lowest BCUT2D eigenvalue weighted by Crippen LogP contribution is -2.44. The minimum atomic E-state index is -4.54. The van der Waals surface area contributed by atoms with E-state index in [9.17, 15) is 27.6 Å². The molecule has 0 radical (unpaired) electrons. The summed E-state index contributed by atoms with van der Waals surface area (Å²) in [5, 5.41) is 0. The zero-order valence-corrected chi connectivity index (χ0v) is 18.8. The van der Waals surface area contributed by atoms with E-state index in [1.807, 2.05) is 6.92 Å². The molecule has 9 heteroatoms. The van der Waals surface area contributed by atoms with Crippen LogP contribution < -0.4 is 0 Å². The van der Waals surface area contributed by atoms with Crippen molar-refractivity contribution >= 4 is 17.8 Å². The predicted molar refractivity (Wildman–Crippen MR) is 113 cm³/mol. The number of carbonyl (C=O) groups excluding carboxylic acids is 3. The molecule has 32 heavy (non-hydrogen) atoms. The normalized spacial score (nSPS) is 15.9. The minimum absolute atomic E-state index is 0.0529. The van der Waals surface area contributed by atoms with E-state index in [0.29, 0.717) is 39.0 Å². The number of esters is 1. The Labute approximate surface area is 186 Å². The van der Waals surface area contributed by atoms with Gasteiger partial charge in [-0.15, -0.1) is 0 Å². The summed E-state index contributed by atoms with van der Waals surface area (Å²) in [5.41, 5.74) is -0.934. The molecule has 1 atom stereocenters. The number of amides is 2. The number of alkyl halides is 3. The van der Waals surface area contributed by atoms with Crippen LogP contribution in [0.2, 0.25) is 0 Å². The average molecular weight is 457 g/mol. The van der Waals surface area contributed by atoms with Gasteiger partial charge >= 0.3 is 12.1 Å². The smallest absolute Gasteiger partial charge is 0.416 e. The molecule has 1 aliphatic heterocycles. The molecule has 0 N–H and O–H groups in total. The highest BCUT2D eigenvalue weighted by Crippen LogP contribution is 2.30. The summed E-state index contributed by atoms with van der Waals surface area (Å²) in [4.78, 5) is 40.6. The molecular weight excluding hydrogens is 425 g/mol. The number of piperidine rings is 1. The summed E-state index contributed by atoms with van der Waals surface area (Å²) in [6, 6.07) is 4.10. The molecule has 1 aromatic rings. The van der Waals surface area contributed by atoms with Gasteiger partial charge in [0.15, 0.2) is 0 Å². The standard InChI is InChI=1S/C23H31F3N2O4/c1-4-16(3)28(21(30)18-7-6-8-19(15-18)23(24,25)26)14-11-20(29)27-12-9-17(10-13-27)22(31)32-5-2/h6-8,15-17H,4-5,9-14H2,1-3H3. The first kappa shape index (κ1) is 25.7. The van der Waals surface area contributed by atoms with E-state index in [2.05, 4.69) is 0 Å². The predicted octanol–water partition coefficient (Wildman–Crippen LogP) is 4.14. The van der Waals surface area contributed by atoms with Gasteiger partial charge in [-0.3, -0.25) is 14.4 Å². The van der Waals surface area contributed by atoms with Gasteiger partial charge in [-0.05, 0) is 51.3 Å². The molecule has 2 amide bonds. The zero-order valence-electron chi connectivity index (χ0n) is 18.8. The number of hydrogen-bond donors (Lipinski definition) is 0. The van der Waals surface area contributed by atoms with E-state index in [4.69, 9.17) is 4.74 Å². The Kier molecular flexibility index (Phi) is 9.09. The second-order valence-electron chi connectivity index (χ2n) is 7.99. The molecular formula is C23H31F3N2O4. The van der Waals surface area contributed by atoms with Crippen molar-refractivity contribution in [3.05, 3.63) is 35.4 Å². The molecule has 0 bridgehead atoms. The van der Waals surface area contributed by atoms with Gasteiger partial charge in [0.2, 0.25) is 5.91 Å². The molecule has 178 valence electrons. The maximum absolute atomic E-state index is 13.0. The number of carbonyl (C=O) groups is 3. The monoisotopic (exact) mass is 456 g/mol. The Morgan fingerprint density at radius 3 is 2.41 bits per heavy atom. The summed E-state index contributed by atoms with van der Waals surface area (Å²) < 4.78 is 44.1. The number of halogens is 3. The molecule has 1 aliphatic rings. The summed E-state index contributed by atoms with van der Waals surface area (Å²) >= 11 is 0. The molecule has 0 aliphatic carbocycles. The van der Waals surface area contributed by atoms with Crippen LogP contribution in [0.3, 0.4) is 0 Å². The second kappa shape index (κ2) is 11.3. The highest BCUT2D eigenvalue weighted by atomic mass is 19.4. The lowest BCUT2D eigenvalue weighted by molar-refractivity contribution is -0.151. The van der Waals surface area contributed by atoms with Crippen LogP contribution in [-0.2, 0) is 20.5 Å². The largest absolute Gasteiger partial charge is 0.466 e. The van der Waals surface area contributed by atoms with Gasteiger partial charge in [-0.25, -0.2) is 0 Å². The Bertz CT molecular complexity index is 805. The lowest BCUT2D eigenvalue weighted by atomic mass is 9.97. The Hall–Kier alpha value is -2.58. The van der Waals surface area contributed by atoms with Gasteiger partial charge in [0.1, 0.15) is 0 Å². The fraction of sp³-hybridized carbons (Fsp3) is 0.609. The van der Waals surface area contributed by atoms with Crippen molar-refractivity contribution in [3.8, 4) is 0 Å². The van der Waals surface area contributed by atoms with E-state index in [-0.39, 0.29) is 42.4 Å². The van der Waals surface area contributed by atoms with Crippen molar-refractivity contribution in [2.24, 2.45) is 5.92 Å². The van der Waals surface area contributed by atoms with E-state index >= 15 is 0 Å². The molecule has 0 aromatic heterocycles.